The predicted octanol–water partition coefficient (Wildman–Crippen LogP) is 8.44. The molecule has 2 aliphatic carbocycles. The van der Waals surface area contributed by atoms with Crippen LogP contribution in [-0.2, 0) is 5.41 Å². The van der Waals surface area contributed by atoms with Crippen molar-refractivity contribution in [2.45, 2.75) is 18.8 Å². The number of hydrogen-bond acceptors (Lipinski definition) is 1. The van der Waals surface area contributed by atoms with Gasteiger partial charge in [-0.2, -0.15) is 5.26 Å². The highest BCUT2D eigenvalue weighted by atomic mass is 35.5. The van der Waals surface area contributed by atoms with Crippen molar-refractivity contribution in [2.24, 2.45) is 5.92 Å². The van der Waals surface area contributed by atoms with Crippen LogP contribution < -0.4 is 0 Å². The Labute approximate surface area is 211 Å². The third kappa shape index (κ3) is 3.29. The average molecular weight is 470 g/mol. The summed E-state index contributed by atoms with van der Waals surface area (Å²) in [4.78, 5) is 0. The lowest BCUT2D eigenvalue weighted by Gasteiger charge is -2.36. The molecule has 0 aliphatic heterocycles. The van der Waals surface area contributed by atoms with Gasteiger partial charge in [-0.25, -0.2) is 0 Å². The van der Waals surface area contributed by atoms with Crippen molar-refractivity contribution in [1.82, 2.24) is 0 Å². The molecule has 0 spiro atoms. The van der Waals surface area contributed by atoms with Crippen molar-refractivity contribution in [1.29, 1.82) is 5.26 Å². The van der Waals surface area contributed by atoms with Crippen molar-refractivity contribution < 1.29 is 0 Å². The van der Waals surface area contributed by atoms with Gasteiger partial charge in [0.25, 0.3) is 0 Å². The van der Waals surface area contributed by atoms with Gasteiger partial charge in [-0.1, -0.05) is 103 Å². The number of halogens is 1. The monoisotopic (exact) mass is 469 g/mol. The lowest BCUT2D eigenvalue weighted by Crippen LogP contribution is -2.30. The molecule has 35 heavy (non-hydrogen) atoms. The van der Waals surface area contributed by atoms with Crippen LogP contribution >= 0.6 is 11.6 Å². The molecule has 0 radical (unpaired) electrons. The third-order valence-electron chi connectivity index (χ3n) is 7.51. The first-order valence-corrected chi connectivity index (χ1v) is 12.4. The van der Waals surface area contributed by atoms with Crippen LogP contribution in [0.15, 0.2) is 115 Å². The second-order valence-corrected chi connectivity index (χ2v) is 9.90. The Morgan fingerprint density at radius 3 is 2.06 bits per heavy atom. The summed E-state index contributed by atoms with van der Waals surface area (Å²) in [6, 6.07) is 38.2. The molecule has 1 atom stereocenters. The van der Waals surface area contributed by atoms with E-state index in [9.17, 15) is 5.26 Å². The number of benzene rings is 4. The summed E-state index contributed by atoms with van der Waals surface area (Å²) < 4.78 is 0. The normalized spacial score (nSPS) is 17.9. The van der Waals surface area contributed by atoms with Crippen molar-refractivity contribution in [2.75, 3.05) is 0 Å². The first-order chi connectivity index (χ1) is 17.1. The molecular formula is C33H24ClN. The van der Waals surface area contributed by atoms with Gasteiger partial charge < -0.3 is 0 Å². The minimum Gasteiger partial charge on any atom is -0.192 e. The van der Waals surface area contributed by atoms with Crippen LogP contribution in [0.1, 0.15) is 46.7 Å². The van der Waals surface area contributed by atoms with Crippen LogP contribution in [0.2, 0.25) is 5.02 Å². The highest BCUT2D eigenvalue weighted by Gasteiger charge is 2.49. The Morgan fingerprint density at radius 2 is 1.46 bits per heavy atom. The Kier molecular flexibility index (Phi) is 5.21. The summed E-state index contributed by atoms with van der Waals surface area (Å²) >= 11 is 6.65. The molecule has 0 bridgehead atoms. The van der Waals surface area contributed by atoms with E-state index >= 15 is 0 Å². The lowest BCUT2D eigenvalue weighted by molar-refractivity contribution is 0.730. The van der Waals surface area contributed by atoms with Gasteiger partial charge in [-0.15, -0.1) is 0 Å². The Hall–Kier alpha value is -3.86. The molecule has 1 unspecified atom stereocenters. The number of hydrogen-bond donors (Lipinski definition) is 0. The van der Waals surface area contributed by atoms with Crippen molar-refractivity contribution in [3.63, 3.8) is 0 Å². The standard InChI is InChI=1S/C33H24ClN/c1-22-18-25(24-14-12-23(21-35)13-15-24)19-31-32(22)29-17-16-28(34)20-30(29)33(31,26-8-4-2-5-9-26)27-10-6-3-7-11-27/h2-17,19-20,22H,18H2,1H3. The van der Waals surface area contributed by atoms with Gasteiger partial charge in [0.05, 0.1) is 17.0 Å². The van der Waals surface area contributed by atoms with E-state index < -0.39 is 5.41 Å². The van der Waals surface area contributed by atoms with Gasteiger partial charge in [-0.05, 0) is 81.1 Å². The summed E-state index contributed by atoms with van der Waals surface area (Å²) in [5.41, 5.74) is 10.5. The zero-order chi connectivity index (χ0) is 24.0. The SMILES string of the molecule is CC1CC(c2ccc(C#N)cc2)=CC2=C1c1ccc(Cl)cc1C2(c1ccccc1)c1ccccc1. The Morgan fingerprint density at radius 1 is 0.829 bits per heavy atom. The van der Waals surface area contributed by atoms with Crippen LogP contribution in [0.25, 0.3) is 11.1 Å². The van der Waals surface area contributed by atoms with E-state index in [4.69, 9.17) is 11.6 Å². The summed E-state index contributed by atoms with van der Waals surface area (Å²) in [5, 5.41) is 10.0. The minimum atomic E-state index is -0.454. The Bertz CT molecular complexity index is 1480. The molecule has 0 amide bonds. The second kappa shape index (κ2) is 8.42. The predicted molar refractivity (Wildman–Crippen MR) is 144 cm³/mol. The smallest absolute Gasteiger partial charge is 0.0991 e. The fourth-order valence-corrected chi connectivity index (χ4v) is 6.23. The summed E-state index contributed by atoms with van der Waals surface area (Å²) in [7, 11) is 0. The number of allylic oxidation sites excluding steroid dienone is 4. The van der Waals surface area contributed by atoms with Gasteiger partial charge in [0.2, 0.25) is 0 Å². The van der Waals surface area contributed by atoms with Crippen molar-refractivity contribution >= 4 is 22.7 Å². The third-order valence-corrected chi connectivity index (χ3v) is 7.74. The number of nitriles is 1. The van der Waals surface area contributed by atoms with Gasteiger partial charge in [-0.3, -0.25) is 0 Å². The summed E-state index contributed by atoms with van der Waals surface area (Å²) in [6.07, 6.45) is 3.36. The topological polar surface area (TPSA) is 23.8 Å². The molecule has 0 fully saturated rings. The summed E-state index contributed by atoms with van der Waals surface area (Å²) in [6.45, 7) is 2.33. The number of rotatable bonds is 3. The zero-order valence-electron chi connectivity index (χ0n) is 19.5. The highest BCUT2D eigenvalue weighted by Crippen LogP contribution is 2.59. The molecule has 0 N–H and O–H groups in total. The molecule has 2 heteroatoms. The van der Waals surface area contributed by atoms with E-state index in [1.165, 1.54) is 44.5 Å². The van der Waals surface area contributed by atoms with Gasteiger partial charge in [0.1, 0.15) is 0 Å². The number of nitrogens with zero attached hydrogens (tertiary/aromatic N) is 1. The molecule has 0 saturated heterocycles. The molecule has 0 heterocycles. The fraction of sp³-hybridized carbons (Fsp3) is 0.121. The van der Waals surface area contributed by atoms with E-state index in [1.54, 1.807) is 0 Å². The molecule has 0 saturated carbocycles. The molecule has 0 aromatic heterocycles. The van der Waals surface area contributed by atoms with E-state index in [0.717, 1.165) is 11.4 Å². The van der Waals surface area contributed by atoms with E-state index in [-0.39, 0.29) is 0 Å². The fourth-order valence-electron chi connectivity index (χ4n) is 6.06. The largest absolute Gasteiger partial charge is 0.192 e. The molecule has 2 aliphatic rings. The maximum atomic E-state index is 9.26. The molecular weight excluding hydrogens is 446 g/mol. The zero-order valence-corrected chi connectivity index (χ0v) is 20.3. The molecule has 4 aromatic rings. The average Bonchev–Trinajstić information content (AvgIpc) is 3.20. The quantitative estimate of drug-likeness (QED) is 0.295. The van der Waals surface area contributed by atoms with Crippen LogP contribution in [0.4, 0.5) is 0 Å². The van der Waals surface area contributed by atoms with Crippen LogP contribution in [0, 0.1) is 17.2 Å². The van der Waals surface area contributed by atoms with Crippen LogP contribution in [0.3, 0.4) is 0 Å². The van der Waals surface area contributed by atoms with Crippen molar-refractivity contribution in [3.05, 3.63) is 153 Å². The molecule has 1 nitrogen and oxygen atoms in total. The summed E-state index contributed by atoms with van der Waals surface area (Å²) in [5.74, 6) is 0.342. The van der Waals surface area contributed by atoms with E-state index in [2.05, 4.69) is 104 Å². The van der Waals surface area contributed by atoms with Crippen LogP contribution in [0.5, 0.6) is 0 Å². The maximum absolute atomic E-state index is 9.26. The first kappa shape index (κ1) is 21.7. The molecule has 4 aromatic carbocycles. The lowest BCUT2D eigenvalue weighted by atomic mass is 9.65. The minimum absolute atomic E-state index is 0.342. The van der Waals surface area contributed by atoms with Gasteiger partial charge in [0, 0.05) is 5.02 Å². The Balaban J connectivity index is 1.69. The van der Waals surface area contributed by atoms with Crippen LogP contribution in [-0.4, -0.2) is 0 Å². The highest BCUT2D eigenvalue weighted by molar-refractivity contribution is 6.30. The molecule has 6 rings (SSSR count). The maximum Gasteiger partial charge on any atom is 0.0991 e. The van der Waals surface area contributed by atoms with E-state index in [0.29, 0.717) is 11.5 Å². The van der Waals surface area contributed by atoms with E-state index in [1.807, 2.05) is 18.2 Å². The number of fused-ring (bicyclic) bond motifs is 2. The van der Waals surface area contributed by atoms with Gasteiger partial charge in [0.15, 0.2) is 0 Å². The molecule has 168 valence electrons. The van der Waals surface area contributed by atoms with Crippen molar-refractivity contribution in [3.8, 4) is 6.07 Å². The first-order valence-electron chi connectivity index (χ1n) is 12.0. The second-order valence-electron chi connectivity index (χ2n) is 9.46. The van der Waals surface area contributed by atoms with Gasteiger partial charge >= 0.3 is 0 Å².